The lowest BCUT2D eigenvalue weighted by Gasteiger charge is -2.34. The first-order valence-electron chi connectivity index (χ1n) is 6.14. The van der Waals surface area contributed by atoms with E-state index in [9.17, 15) is 4.79 Å². The van der Waals surface area contributed by atoms with Crippen LogP contribution < -0.4 is 4.74 Å². The predicted octanol–water partition coefficient (Wildman–Crippen LogP) is 2.37. The number of ether oxygens (including phenoxy) is 2. The summed E-state index contributed by atoms with van der Waals surface area (Å²) in [6.07, 6.45) is 0.991. The van der Waals surface area contributed by atoms with Gasteiger partial charge < -0.3 is 9.47 Å². The second-order valence-corrected chi connectivity index (χ2v) is 4.20. The number of carbonyl (C=O) groups is 1. The maximum absolute atomic E-state index is 11.3. The Morgan fingerprint density at radius 2 is 1.94 bits per heavy atom. The number of hydrogen-bond acceptors (Lipinski definition) is 3. The monoisotopic (exact) mass is 234 g/mol. The molecule has 0 aliphatic heterocycles. The molecular weight excluding hydrogens is 216 g/mol. The fraction of sp³-hybridized carbons (Fsp3) is 0.500. The van der Waals surface area contributed by atoms with E-state index in [1.807, 2.05) is 31.2 Å². The molecule has 0 spiro atoms. The summed E-state index contributed by atoms with van der Waals surface area (Å²) in [7, 11) is 0. The summed E-state index contributed by atoms with van der Waals surface area (Å²) in [5.74, 6) is 0.950. The number of ketones is 1. The minimum Gasteiger partial charge on any atom is -0.487 e. The normalized spacial score (nSPS) is 23.3. The summed E-state index contributed by atoms with van der Waals surface area (Å²) in [6, 6.07) is 7.99. The van der Waals surface area contributed by atoms with Gasteiger partial charge in [0.05, 0.1) is 0 Å². The zero-order valence-electron chi connectivity index (χ0n) is 10.3. The molecule has 0 saturated heterocycles. The van der Waals surface area contributed by atoms with Gasteiger partial charge in [0.25, 0.3) is 0 Å². The third-order valence-electron chi connectivity index (χ3n) is 3.02. The highest BCUT2D eigenvalue weighted by Crippen LogP contribution is 2.25. The summed E-state index contributed by atoms with van der Waals surface area (Å²) in [6.45, 7) is 4.55. The molecule has 1 aromatic carbocycles. The number of hydrogen-bond donors (Lipinski definition) is 0. The van der Waals surface area contributed by atoms with Gasteiger partial charge in [-0.25, -0.2) is 0 Å². The van der Waals surface area contributed by atoms with Crippen LogP contribution in [0.4, 0.5) is 0 Å². The average molecular weight is 234 g/mol. The first kappa shape index (κ1) is 12.1. The van der Waals surface area contributed by atoms with Gasteiger partial charge >= 0.3 is 0 Å². The Kier molecular flexibility index (Phi) is 3.79. The molecule has 0 amide bonds. The molecule has 0 bridgehead atoms. The SMILES string of the molecule is CCOC1C(=O)CC1Oc1ccc(CC)cc1. The second-order valence-electron chi connectivity index (χ2n) is 4.20. The van der Waals surface area contributed by atoms with Crippen molar-refractivity contribution < 1.29 is 14.3 Å². The van der Waals surface area contributed by atoms with Gasteiger partial charge in [-0.05, 0) is 31.0 Å². The van der Waals surface area contributed by atoms with Gasteiger partial charge in [-0.3, -0.25) is 4.79 Å². The third kappa shape index (κ3) is 2.67. The van der Waals surface area contributed by atoms with E-state index in [2.05, 4.69) is 6.92 Å². The number of benzene rings is 1. The van der Waals surface area contributed by atoms with E-state index >= 15 is 0 Å². The van der Waals surface area contributed by atoms with Crippen LogP contribution in [0.3, 0.4) is 0 Å². The quantitative estimate of drug-likeness (QED) is 0.784. The molecule has 2 atom stereocenters. The minimum absolute atomic E-state index is 0.116. The predicted molar refractivity (Wildman–Crippen MR) is 65.3 cm³/mol. The molecule has 0 N–H and O–H groups in total. The molecule has 0 radical (unpaired) electrons. The van der Waals surface area contributed by atoms with Crippen molar-refractivity contribution in [1.29, 1.82) is 0 Å². The third-order valence-corrected chi connectivity index (χ3v) is 3.02. The number of rotatable bonds is 5. The van der Waals surface area contributed by atoms with E-state index in [1.165, 1.54) is 5.56 Å². The molecule has 0 aromatic heterocycles. The lowest BCUT2D eigenvalue weighted by atomic mass is 9.90. The van der Waals surface area contributed by atoms with Crippen LogP contribution in [0.2, 0.25) is 0 Å². The highest BCUT2D eigenvalue weighted by molar-refractivity contribution is 5.90. The zero-order valence-corrected chi connectivity index (χ0v) is 10.3. The van der Waals surface area contributed by atoms with Crippen molar-refractivity contribution >= 4 is 5.78 Å². The van der Waals surface area contributed by atoms with Gasteiger partial charge in [-0.2, -0.15) is 0 Å². The first-order chi connectivity index (χ1) is 8.24. The molecule has 3 heteroatoms. The molecule has 1 aromatic rings. The molecule has 2 rings (SSSR count). The Morgan fingerprint density at radius 1 is 1.24 bits per heavy atom. The first-order valence-corrected chi connectivity index (χ1v) is 6.14. The van der Waals surface area contributed by atoms with Crippen molar-refractivity contribution in [3.8, 4) is 5.75 Å². The summed E-state index contributed by atoms with van der Waals surface area (Å²) >= 11 is 0. The molecule has 0 heterocycles. The Balaban J connectivity index is 1.94. The van der Waals surface area contributed by atoms with Crippen LogP contribution in [-0.4, -0.2) is 24.6 Å². The summed E-state index contributed by atoms with van der Waals surface area (Å²) < 4.78 is 11.1. The van der Waals surface area contributed by atoms with Crippen molar-refractivity contribution in [3.05, 3.63) is 29.8 Å². The van der Waals surface area contributed by atoms with Crippen molar-refractivity contribution in [3.63, 3.8) is 0 Å². The number of aryl methyl sites for hydroxylation is 1. The average Bonchev–Trinajstić information content (AvgIpc) is 2.36. The lowest BCUT2D eigenvalue weighted by molar-refractivity contribution is -0.154. The molecule has 3 nitrogen and oxygen atoms in total. The van der Waals surface area contributed by atoms with Gasteiger partial charge in [-0.15, -0.1) is 0 Å². The maximum Gasteiger partial charge on any atom is 0.169 e. The van der Waals surface area contributed by atoms with E-state index in [1.54, 1.807) is 0 Å². The highest BCUT2D eigenvalue weighted by atomic mass is 16.5. The van der Waals surface area contributed by atoms with E-state index in [0.717, 1.165) is 12.2 Å². The van der Waals surface area contributed by atoms with Crippen molar-refractivity contribution in [2.24, 2.45) is 0 Å². The van der Waals surface area contributed by atoms with Gasteiger partial charge in [0.2, 0.25) is 0 Å². The summed E-state index contributed by atoms with van der Waals surface area (Å²) in [5, 5.41) is 0. The molecule has 92 valence electrons. The fourth-order valence-corrected chi connectivity index (χ4v) is 1.93. The van der Waals surface area contributed by atoms with Crippen LogP contribution >= 0.6 is 0 Å². The van der Waals surface area contributed by atoms with Crippen molar-refractivity contribution in [2.75, 3.05) is 6.61 Å². The van der Waals surface area contributed by atoms with Gasteiger partial charge in [-0.1, -0.05) is 19.1 Å². The van der Waals surface area contributed by atoms with Crippen molar-refractivity contribution in [2.45, 2.75) is 38.9 Å². The van der Waals surface area contributed by atoms with Gasteiger partial charge in [0, 0.05) is 13.0 Å². The Bertz CT molecular complexity index is 383. The van der Waals surface area contributed by atoms with E-state index in [-0.39, 0.29) is 18.0 Å². The molecule has 1 aliphatic rings. The molecular formula is C14H18O3. The standard InChI is InChI=1S/C14H18O3/c1-3-10-5-7-11(8-6-10)17-13-9-12(15)14(13)16-4-2/h5-8,13-14H,3-4,9H2,1-2H3. The Hall–Kier alpha value is -1.35. The fourth-order valence-electron chi connectivity index (χ4n) is 1.93. The smallest absolute Gasteiger partial charge is 0.169 e. The highest BCUT2D eigenvalue weighted by Gasteiger charge is 2.42. The van der Waals surface area contributed by atoms with Crippen LogP contribution in [0.1, 0.15) is 25.8 Å². The van der Waals surface area contributed by atoms with Gasteiger partial charge in [0.15, 0.2) is 11.9 Å². The topological polar surface area (TPSA) is 35.5 Å². The largest absolute Gasteiger partial charge is 0.487 e. The maximum atomic E-state index is 11.3. The second kappa shape index (κ2) is 5.32. The van der Waals surface area contributed by atoms with Crippen molar-refractivity contribution in [1.82, 2.24) is 0 Å². The molecule has 2 unspecified atom stereocenters. The van der Waals surface area contributed by atoms with Gasteiger partial charge in [0.1, 0.15) is 11.9 Å². The molecule has 1 aliphatic carbocycles. The molecule has 17 heavy (non-hydrogen) atoms. The lowest BCUT2D eigenvalue weighted by Crippen LogP contribution is -2.52. The Morgan fingerprint density at radius 3 is 2.47 bits per heavy atom. The molecule has 1 fully saturated rings. The van der Waals surface area contributed by atoms with Crippen LogP contribution in [-0.2, 0) is 16.0 Å². The number of carbonyl (C=O) groups excluding carboxylic acids is 1. The van der Waals surface area contributed by atoms with E-state index < -0.39 is 0 Å². The van der Waals surface area contributed by atoms with Crippen LogP contribution in [0.15, 0.2) is 24.3 Å². The van der Waals surface area contributed by atoms with Crippen LogP contribution in [0, 0.1) is 0 Å². The van der Waals surface area contributed by atoms with Crippen LogP contribution in [0.25, 0.3) is 0 Å². The summed E-state index contributed by atoms with van der Waals surface area (Å²) in [4.78, 5) is 11.3. The van der Waals surface area contributed by atoms with Crippen LogP contribution in [0.5, 0.6) is 5.75 Å². The Labute approximate surface area is 102 Å². The number of Topliss-reactive ketones (excluding diaryl/α,β-unsaturated/α-hetero) is 1. The summed E-state index contributed by atoms with van der Waals surface area (Å²) in [5.41, 5.74) is 1.28. The molecule has 1 saturated carbocycles. The van der Waals surface area contributed by atoms with E-state index in [4.69, 9.17) is 9.47 Å². The van der Waals surface area contributed by atoms with E-state index in [0.29, 0.717) is 13.0 Å². The zero-order chi connectivity index (χ0) is 12.3. The minimum atomic E-state index is -0.370.